The molecule has 0 fully saturated rings. The molecule has 17 heavy (non-hydrogen) atoms. The molecule has 0 atom stereocenters. The van der Waals surface area contributed by atoms with Gasteiger partial charge in [0.15, 0.2) is 0 Å². The van der Waals surface area contributed by atoms with Crippen LogP contribution >= 0.6 is 0 Å². The molecule has 1 aromatic carbocycles. The summed E-state index contributed by atoms with van der Waals surface area (Å²) in [6, 6.07) is 6.35. The summed E-state index contributed by atoms with van der Waals surface area (Å²) < 4.78 is 31.3. The van der Waals surface area contributed by atoms with Crippen LogP contribution in [0.1, 0.15) is 12.5 Å². The maximum absolute atomic E-state index is 11.9. The first kappa shape index (κ1) is 14.1. The van der Waals surface area contributed by atoms with Gasteiger partial charge in [-0.05, 0) is 18.6 Å². The number of sulfonamides is 1. The van der Waals surface area contributed by atoms with Gasteiger partial charge in [0.1, 0.15) is 0 Å². The van der Waals surface area contributed by atoms with E-state index in [0.717, 1.165) is 0 Å². The first-order valence-electron chi connectivity index (χ1n) is 5.38. The number of hydrogen-bond donors (Lipinski definition) is 2. The van der Waals surface area contributed by atoms with Gasteiger partial charge in [-0.25, -0.2) is 13.1 Å². The van der Waals surface area contributed by atoms with E-state index in [1.165, 1.54) is 6.07 Å². The first-order valence-corrected chi connectivity index (χ1v) is 6.86. The lowest BCUT2D eigenvalue weighted by atomic mass is 10.2. The van der Waals surface area contributed by atoms with Crippen LogP contribution in [0.3, 0.4) is 0 Å². The Morgan fingerprint density at radius 2 is 2.06 bits per heavy atom. The molecule has 0 saturated carbocycles. The van der Waals surface area contributed by atoms with Crippen molar-refractivity contribution < 1.29 is 18.3 Å². The van der Waals surface area contributed by atoms with Crippen molar-refractivity contribution in [3.05, 3.63) is 29.8 Å². The molecule has 0 saturated heterocycles. The maximum atomic E-state index is 11.9. The van der Waals surface area contributed by atoms with Gasteiger partial charge < -0.3 is 9.84 Å². The van der Waals surface area contributed by atoms with Crippen LogP contribution in [0.4, 0.5) is 0 Å². The van der Waals surface area contributed by atoms with Gasteiger partial charge in [0.05, 0.1) is 18.1 Å². The third-order valence-electron chi connectivity index (χ3n) is 2.18. The van der Waals surface area contributed by atoms with Crippen LogP contribution in [0.15, 0.2) is 29.2 Å². The third-order valence-corrected chi connectivity index (χ3v) is 3.74. The Morgan fingerprint density at radius 3 is 2.71 bits per heavy atom. The number of nitrogens with one attached hydrogen (secondary N) is 1. The molecule has 96 valence electrons. The summed E-state index contributed by atoms with van der Waals surface area (Å²) >= 11 is 0. The van der Waals surface area contributed by atoms with Crippen molar-refractivity contribution in [3.63, 3.8) is 0 Å². The Kier molecular flexibility index (Phi) is 5.57. The molecule has 0 aromatic heterocycles. The van der Waals surface area contributed by atoms with Crippen molar-refractivity contribution in [1.29, 1.82) is 0 Å². The van der Waals surface area contributed by atoms with Crippen molar-refractivity contribution >= 4 is 10.0 Å². The first-order chi connectivity index (χ1) is 8.11. The van der Waals surface area contributed by atoms with Crippen LogP contribution in [0, 0.1) is 0 Å². The van der Waals surface area contributed by atoms with E-state index in [1.807, 2.05) is 6.92 Å². The molecule has 0 unspecified atom stereocenters. The van der Waals surface area contributed by atoms with Crippen LogP contribution in [0.5, 0.6) is 0 Å². The van der Waals surface area contributed by atoms with Gasteiger partial charge in [0.2, 0.25) is 10.0 Å². The van der Waals surface area contributed by atoms with E-state index in [9.17, 15) is 8.42 Å². The molecule has 0 radical (unpaired) electrons. The summed E-state index contributed by atoms with van der Waals surface area (Å²) in [5.41, 5.74) is 0.386. The highest BCUT2D eigenvalue weighted by Crippen LogP contribution is 2.14. The largest absolute Gasteiger partial charge is 0.392 e. The molecule has 5 nitrogen and oxygen atoms in total. The monoisotopic (exact) mass is 259 g/mol. The van der Waals surface area contributed by atoms with Crippen molar-refractivity contribution in [2.24, 2.45) is 0 Å². The van der Waals surface area contributed by atoms with E-state index in [0.29, 0.717) is 18.8 Å². The smallest absolute Gasteiger partial charge is 0.241 e. The molecule has 0 aliphatic carbocycles. The van der Waals surface area contributed by atoms with E-state index in [1.54, 1.807) is 18.2 Å². The second kappa shape index (κ2) is 6.70. The van der Waals surface area contributed by atoms with Gasteiger partial charge in [0.25, 0.3) is 0 Å². The summed E-state index contributed by atoms with van der Waals surface area (Å²) in [6.07, 6.45) is 0. The molecule has 0 aliphatic rings. The van der Waals surface area contributed by atoms with E-state index < -0.39 is 10.0 Å². The minimum absolute atomic E-state index is 0.110. The topological polar surface area (TPSA) is 75.6 Å². The fourth-order valence-electron chi connectivity index (χ4n) is 1.37. The summed E-state index contributed by atoms with van der Waals surface area (Å²) in [5, 5.41) is 9.07. The van der Waals surface area contributed by atoms with Crippen molar-refractivity contribution in [3.8, 4) is 0 Å². The quantitative estimate of drug-likeness (QED) is 0.699. The molecule has 0 spiro atoms. The standard InChI is InChI=1S/C11H17NO4S/c1-2-16-8-7-12-17(14,15)11-6-4-3-5-10(11)9-13/h3-6,12-13H,2,7-9H2,1H3. The Labute approximate surface area is 101 Å². The van der Waals surface area contributed by atoms with Gasteiger partial charge in [-0.2, -0.15) is 0 Å². The number of rotatable bonds is 7. The van der Waals surface area contributed by atoms with E-state index in [-0.39, 0.29) is 18.0 Å². The lowest BCUT2D eigenvalue weighted by Gasteiger charge is -2.09. The molecule has 0 bridgehead atoms. The summed E-state index contributed by atoms with van der Waals surface area (Å²) in [4.78, 5) is 0.110. The van der Waals surface area contributed by atoms with Gasteiger partial charge in [0, 0.05) is 13.2 Å². The Hall–Kier alpha value is -0.950. The summed E-state index contributed by atoms with van der Waals surface area (Å²) in [6.45, 7) is 2.64. The maximum Gasteiger partial charge on any atom is 0.241 e. The zero-order valence-corrected chi connectivity index (χ0v) is 10.5. The Bertz CT molecular complexity index is 445. The predicted molar refractivity (Wildman–Crippen MR) is 64.0 cm³/mol. The zero-order chi connectivity index (χ0) is 12.7. The average Bonchev–Trinajstić information content (AvgIpc) is 2.34. The van der Waals surface area contributed by atoms with Crippen molar-refractivity contribution in [2.75, 3.05) is 19.8 Å². The third kappa shape index (κ3) is 4.08. The van der Waals surface area contributed by atoms with Crippen molar-refractivity contribution in [2.45, 2.75) is 18.4 Å². The van der Waals surface area contributed by atoms with Crippen LogP contribution in [0.25, 0.3) is 0 Å². The molecular formula is C11H17NO4S. The van der Waals surface area contributed by atoms with Crippen LogP contribution in [-0.2, 0) is 21.4 Å². The average molecular weight is 259 g/mol. The number of benzene rings is 1. The van der Waals surface area contributed by atoms with Crippen LogP contribution in [-0.4, -0.2) is 33.3 Å². The molecule has 1 aromatic rings. The minimum Gasteiger partial charge on any atom is -0.392 e. The molecule has 0 heterocycles. The zero-order valence-electron chi connectivity index (χ0n) is 9.72. The van der Waals surface area contributed by atoms with Gasteiger partial charge in [-0.1, -0.05) is 18.2 Å². The van der Waals surface area contributed by atoms with Gasteiger partial charge in [-0.15, -0.1) is 0 Å². The van der Waals surface area contributed by atoms with Gasteiger partial charge in [-0.3, -0.25) is 0 Å². The second-order valence-corrected chi connectivity index (χ2v) is 5.10. The highest BCUT2D eigenvalue weighted by atomic mass is 32.2. The molecule has 6 heteroatoms. The minimum atomic E-state index is -3.57. The molecule has 2 N–H and O–H groups in total. The van der Waals surface area contributed by atoms with Crippen LogP contribution in [0.2, 0.25) is 0 Å². The summed E-state index contributed by atoms with van der Waals surface area (Å²) in [5.74, 6) is 0. The fraction of sp³-hybridized carbons (Fsp3) is 0.455. The Morgan fingerprint density at radius 1 is 1.35 bits per heavy atom. The molecule has 0 aliphatic heterocycles. The second-order valence-electron chi connectivity index (χ2n) is 3.36. The summed E-state index contributed by atoms with van der Waals surface area (Å²) in [7, 11) is -3.57. The van der Waals surface area contributed by atoms with Gasteiger partial charge >= 0.3 is 0 Å². The SMILES string of the molecule is CCOCCNS(=O)(=O)c1ccccc1CO. The lowest BCUT2D eigenvalue weighted by molar-refractivity contribution is 0.153. The number of ether oxygens (including phenoxy) is 1. The lowest BCUT2D eigenvalue weighted by Crippen LogP contribution is -2.28. The molecular weight excluding hydrogens is 242 g/mol. The predicted octanol–water partition coefficient (Wildman–Crippen LogP) is 0.494. The van der Waals surface area contributed by atoms with E-state index in [2.05, 4.69) is 4.72 Å². The fourth-order valence-corrected chi connectivity index (χ4v) is 2.61. The number of aliphatic hydroxyl groups is 1. The van der Waals surface area contributed by atoms with Crippen molar-refractivity contribution in [1.82, 2.24) is 4.72 Å². The number of hydrogen-bond acceptors (Lipinski definition) is 4. The van der Waals surface area contributed by atoms with E-state index in [4.69, 9.17) is 9.84 Å². The molecule has 1 rings (SSSR count). The highest BCUT2D eigenvalue weighted by Gasteiger charge is 2.16. The highest BCUT2D eigenvalue weighted by molar-refractivity contribution is 7.89. The van der Waals surface area contributed by atoms with E-state index >= 15 is 0 Å². The number of aliphatic hydroxyl groups excluding tert-OH is 1. The van der Waals surface area contributed by atoms with Crippen LogP contribution < -0.4 is 4.72 Å². The normalized spacial score (nSPS) is 11.6. The Balaban J connectivity index is 2.75. The molecule has 0 amide bonds.